The molecule has 0 aliphatic heterocycles. The molecule has 0 amide bonds. The molecule has 0 fully saturated rings. The van der Waals surface area contributed by atoms with Crippen LogP contribution in [0.3, 0.4) is 0 Å². The van der Waals surface area contributed by atoms with E-state index >= 15 is 0 Å². The van der Waals surface area contributed by atoms with Crippen LogP contribution in [0.5, 0.6) is 5.75 Å². The largest absolute Gasteiger partial charge is 0.868 e. The van der Waals surface area contributed by atoms with E-state index in [0.29, 0.717) is 16.1 Å². The molecule has 7 nitrogen and oxygen atoms in total. The van der Waals surface area contributed by atoms with Gasteiger partial charge < -0.3 is 15.0 Å². The third-order valence-electron chi connectivity index (χ3n) is 3.42. The van der Waals surface area contributed by atoms with Crippen molar-refractivity contribution in [2.24, 2.45) is 0 Å². The van der Waals surface area contributed by atoms with Gasteiger partial charge in [-0.1, -0.05) is 24.3 Å². The highest BCUT2D eigenvalue weighted by molar-refractivity contribution is 7.19. The highest BCUT2D eigenvalue weighted by Crippen LogP contribution is 2.31. The summed E-state index contributed by atoms with van der Waals surface area (Å²) in [7, 11) is 0. The van der Waals surface area contributed by atoms with Crippen molar-refractivity contribution in [2.45, 2.75) is 6.42 Å². The highest BCUT2D eigenvalue weighted by Gasteiger charge is 2.12. The molecule has 0 aliphatic rings. The fraction of sp³-hybridized carbons (Fsp3) is 0.0588. The number of rotatable bonds is 5. The van der Waals surface area contributed by atoms with E-state index in [1.165, 1.54) is 23.5 Å². The first kappa shape index (κ1) is 16.6. The number of benzene rings is 2. The molecule has 0 unspecified atom stereocenters. The smallest absolute Gasteiger partial charge is 0.262 e. The molecule has 2 aromatic carbocycles. The minimum absolute atomic E-state index is 0.349. The molecule has 0 saturated carbocycles. The number of carboxylic acid groups (broad SMARTS) is 1. The van der Waals surface area contributed by atoms with Crippen LogP contribution in [-0.2, 0) is 4.79 Å². The van der Waals surface area contributed by atoms with Gasteiger partial charge in [0.05, 0.1) is 15.1 Å². The summed E-state index contributed by atoms with van der Waals surface area (Å²) in [5.41, 5.74) is 0.870. The first-order valence-electron chi connectivity index (χ1n) is 7.16. The molecule has 0 radical (unpaired) electrons. The van der Waals surface area contributed by atoms with E-state index in [9.17, 15) is 25.1 Å². The van der Waals surface area contributed by atoms with Crippen molar-refractivity contribution >= 4 is 44.9 Å². The molecule has 126 valence electrons. The number of fused-ring (bicyclic) bond motifs is 1. The molecule has 0 N–H and O–H groups in total. The Balaban J connectivity index is 2.09. The van der Waals surface area contributed by atoms with Crippen molar-refractivity contribution in [3.8, 4) is 5.75 Å². The zero-order valence-corrected chi connectivity index (χ0v) is 13.5. The van der Waals surface area contributed by atoms with E-state index in [1.807, 2.05) is 24.3 Å². The quantitative estimate of drug-likeness (QED) is 0.510. The molecule has 0 saturated heterocycles. The Labute approximate surface area is 145 Å². The number of carboxylic acids is 1. The van der Waals surface area contributed by atoms with Crippen LogP contribution in [-0.4, -0.2) is 15.9 Å². The predicted molar refractivity (Wildman–Crippen MR) is 89.7 cm³/mol. The van der Waals surface area contributed by atoms with Crippen LogP contribution in [0.1, 0.15) is 17.0 Å². The van der Waals surface area contributed by atoms with E-state index in [-0.39, 0.29) is 0 Å². The first-order chi connectivity index (χ1) is 11.9. The fourth-order valence-corrected chi connectivity index (χ4v) is 3.30. The zero-order valence-electron chi connectivity index (χ0n) is 12.7. The van der Waals surface area contributed by atoms with Gasteiger partial charge in [-0.05, 0) is 35.1 Å². The number of hydrogen-bond donors (Lipinski definition) is 0. The zero-order chi connectivity index (χ0) is 18.0. The van der Waals surface area contributed by atoms with Crippen LogP contribution in [0, 0.1) is 10.1 Å². The molecule has 1 heterocycles. The van der Waals surface area contributed by atoms with E-state index < -0.39 is 28.8 Å². The lowest BCUT2D eigenvalue weighted by atomic mass is 10.1. The van der Waals surface area contributed by atoms with Gasteiger partial charge in [-0.15, -0.1) is 11.3 Å². The van der Waals surface area contributed by atoms with Gasteiger partial charge in [-0.25, -0.2) is 4.98 Å². The van der Waals surface area contributed by atoms with Crippen LogP contribution in [0.25, 0.3) is 21.9 Å². The molecular weight excluding hydrogens is 344 g/mol. The Hall–Kier alpha value is -3.26. The van der Waals surface area contributed by atoms with E-state index in [0.717, 1.165) is 22.3 Å². The second-order valence-corrected chi connectivity index (χ2v) is 6.22. The van der Waals surface area contributed by atoms with Crippen LogP contribution in [0.15, 0.2) is 42.5 Å². The summed E-state index contributed by atoms with van der Waals surface area (Å²) in [5.74, 6) is -2.00. The Bertz CT molecular complexity index is 976. The third kappa shape index (κ3) is 3.64. The summed E-state index contributed by atoms with van der Waals surface area (Å²) in [6, 6.07) is 10.9. The molecule has 0 bridgehead atoms. The lowest BCUT2D eigenvalue weighted by Gasteiger charge is -2.08. The summed E-state index contributed by atoms with van der Waals surface area (Å²) in [5, 5.41) is 34.0. The number of thiazole rings is 1. The molecule has 25 heavy (non-hydrogen) atoms. The number of carbonyl (C=O) groups is 1. The van der Waals surface area contributed by atoms with Crippen molar-refractivity contribution < 1.29 is 19.9 Å². The maximum absolute atomic E-state index is 11.5. The number of para-hydroxylation sites is 1. The maximum atomic E-state index is 11.5. The average molecular weight is 354 g/mol. The Kier molecular flexibility index (Phi) is 4.44. The SMILES string of the molecule is O=C([O-])C/C(=C\c1ccc([O-])c([N+](=O)[O-])c1)c1nc2ccccc2s1. The molecule has 0 spiro atoms. The molecule has 1 aromatic heterocycles. The van der Waals surface area contributed by atoms with Crippen LogP contribution < -0.4 is 10.2 Å². The Morgan fingerprint density at radius 2 is 2.00 bits per heavy atom. The number of aliphatic carboxylic acids is 1. The van der Waals surface area contributed by atoms with Crippen molar-refractivity contribution in [2.75, 3.05) is 0 Å². The molecule has 3 aromatic rings. The van der Waals surface area contributed by atoms with E-state index in [4.69, 9.17) is 0 Å². The first-order valence-corrected chi connectivity index (χ1v) is 7.97. The summed E-state index contributed by atoms with van der Waals surface area (Å²) >= 11 is 1.31. The van der Waals surface area contributed by atoms with E-state index in [1.54, 1.807) is 0 Å². The lowest BCUT2D eigenvalue weighted by molar-refractivity contribution is -0.398. The molecule has 8 heteroatoms. The van der Waals surface area contributed by atoms with Gasteiger partial charge in [0, 0.05) is 18.5 Å². The Morgan fingerprint density at radius 1 is 1.24 bits per heavy atom. The van der Waals surface area contributed by atoms with Gasteiger partial charge in [0.2, 0.25) is 0 Å². The van der Waals surface area contributed by atoms with Crippen LogP contribution in [0.4, 0.5) is 5.69 Å². The monoisotopic (exact) mass is 354 g/mol. The van der Waals surface area contributed by atoms with Crippen molar-refractivity contribution in [3.05, 3.63) is 63.1 Å². The summed E-state index contributed by atoms with van der Waals surface area (Å²) in [6.07, 6.45) is 1.08. The predicted octanol–water partition coefficient (Wildman–Crippen LogP) is 1.96. The highest BCUT2D eigenvalue weighted by atomic mass is 32.1. The number of hydrogen-bond acceptors (Lipinski definition) is 7. The van der Waals surface area contributed by atoms with Crippen molar-refractivity contribution in [1.29, 1.82) is 0 Å². The van der Waals surface area contributed by atoms with E-state index in [2.05, 4.69) is 4.98 Å². The van der Waals surface area contributed by atoms with Gasteiger partial charge in [0.1, 0.15) is 5.01 Å². The second kappa shape index (κ2) is 6.70. The molecule has 3 rings (SSSR count). The Morgan fingerprint density at radius 3 is 2.68 bits per heavy atom. The van der Waals surface area contributed by atoms with Crippen LogP contribution in [0.2, 0.25) is 0 Å². The van der Waals surface area contributed by atoms with Crippen LogP contribution >= 0.6 is 11.3 Å². The fourth-order valence-electron chi connectivity index (χ4n) is 2.32. The topological polar surface area (TPSA) is 119 Å². The number of nitro benzene ring substituents is 1. The minimum Gasteiger partial charge on any atom is -0.868 e. The van der Waals surface area contributed by atoms with Gasteiger partial charge in [0.25, 0.3) is 5.69 Å². The van der Waals surface area contributed by atoms with Gasteiger partial charge in [-0.2, -0.15) is 0 Å². The normalized spacial score (nSPS) is 11.6. The van der Waals surface area contributed by atoms with Gasteiger partial charge >= 0.3 is 0 Å². The molecule has 0 atom stereocenters. The average Bonchev–Trinajstić information content (AvgIpc) is 2.99. The maximum Gasteiger partial charge on any atom is 0.262 e. The van der Waals surface area contributed by atoms with Crippen molar-refractivity contribution in [1.82, 2.24) is 4.98 Å². The second-order valence-electron chi connectivity index (χ2n) is 5.19. The van der Waals surface area contributed by atoms with Crippen molar-refractivity contribution in [3.63, 3.8) is 0 Å². The van der Waals surface area contributed by atoms with Gasteiger partial charge in [0.15, 0.2) is 0 Å². The lowest BCUT2D eigenvalue weighted by Crippen LogP contribution is -2.22. The number of nitro groups is 1. The molecular formula is C17H10N2O5S-2. The summed E-state index contributed by atoms with van der Waals surface area (Å²) in [4.78, 5) is 25.6. The number of nitrogens with zero attached hydrogens (tertiary/aromatic N) is 2. The standard InChI is InChI=1S/C17H12N2O5S/c20-14-6-5-10(8-13(14)19(23)24)7-11(9-16(21)22)17-18-12-3-1-2-4-15(12)25-17/h1-8,20H,9H2,(H,21,22)/p-2/b11-7+. The third-order valence-corrected chi connectivity index (χ3v) is 4.54. The minimum atomic E-state index is -1.29. The molecule has 0 aliphatic carbocycles. The summed E-state index contributed by atoms with van der Waals surface area (Å²) < 4.78 is 0.891. The number of carbonyl (C=O) groups excluding carboxylic acids is 1. The van der Waals surface area contributed by atoms with Gasteiger partial charge in [-0.3, -0.25) is 10.1 Å². The summed E-state index contributed by atoms with van der Waals surface area (Å²) in [6.45, 7) is 0. The number of aromatic nitrogens is 1.